The number of H-pyrrole nitrogens is 2. The number of Topliss-reactive ketones (excluding diaryl/α,β-unsaturated/α-hetero) is 2. The Labute approximate surface area is 390 Å². The minimum Gasteiger partial charge on any atom is -0.459 e. The van der Waals surface area contributed by atoms with Crippen molar-refractivity contribution in [2.45, 2.75) is 209 Å². The Morgan fingerprint density at radius 1 is 0.591 bits per heavy atom. The average Bonchev–Trinajstić information content (AvgIpc) is 3.74. The Kier molecular flexibility index (Phi) is 17.3. The monoisotopic (exact) mass is 964 g/mol. The molecule has 0 bridgehead atoms. The highest BCUT2D eigenvalue weighted by Crippen LogP contribution is 2.43. The molecule has 4 rings (SSSR count). The first-order valence-electron chi connectivity index (χ1n) is 22.4. The summed E-state index contributed by atoms with van der Waals surface area (Å²) < 4.78 is 39.2. The number of carbonyl (C=O) groups excluding carboxylic acids is 4. The summed E-state index contributed by atoms with van der Waals surface area (Å²) in [6.07, 6.45) is -3.93. The second-order valence-corrected chi connectivity index (χ2v) is 32.2. The lowest BCUT2D eigenvalue weighted by molar-refractivity contribution is -0.160. The van der Waals surface area contributed by atoms with Crippen LogP contribution in [0.15, 0.2) is 31.6 Å². The Morgan fingerprint density at radius 3 is 1.12 bits per heavy atom. The molecule has 2 aromatic rings. The van der Waals surface area contributed by atoms with Crippen molar-refractivity contribution in [3.63, 3.8) is 0 Å². The highest BCUT2D eigenvalue weighted by Gasteiger charge is 2.53. The van der Waals surface area contributed by atoms with Crippen LogP contribution in [0.3, 0.4) is 0 Å². The largest absolute Gasteiger partial charge is 0.459 e. The maximum absolute atomic E-state index is 13.6. The quantitative estimate of drug-likeness (QED) is 0.180. The third-order valence-electron chi connectivity index (χ3n) is 12.8. The van der Waals surface area contributed by atoms with Crippen LogP contribution in [0.2, 0.25) is 36.3 Å². The number of hydrogen-bond donors (Lipinski definition) is 2. The van der Waals surface area contributed by atoms with E-state index in [1.807, 2.05) is 26.2 Å². The average molecular weight is 965 g/mol. The molecule has 0 aliphatic carbocycles. The van der Waals surface area contributed by atoms with Crippen molar-refractivity contribution in [2.24, 2.45) is 10.8 Å². The molecular formula is C46H76N4O14Si2. The lowest BCUT2D eigenvalue weighted by Crippen LogP contribution is -2.54. The Balaban J connectivity index is 0.000000350. The summed E-state index contributed by atoms with van der Waals surface area (Å²) in [5.41, 5.74) is -3.03. The topological polar surface area (TPSA) is 233 Å². The van der Waals surface area contributed by atoms with Crippen LogP contribution in [-0.4, -0.2) is 95.9 Å². The van der Waals surface area contributed by atoms with Crippen LogP contribution in [-0.2, 0) is 47.0 Å². The van der Waals surface area contributed by atoms with Crippen molar-refractivity contribution in [1.29, 1.82) is 0 Å². The minimum absolute atomic E-state index is 0.143. The number of ether oxygens (including phenoxy) is 4. The van der Waals surface area contributed by atoms with Gasteiger partial charge < -0.3 is 27.8 Å². The van der Waals surface area contributed by atoms with E-state index in [0.717, 1.165) is 0 Å². The molecule has 0 spiro atoms. The summed E-state index contributed by atoms with van der Waals surface area (Å²) >= 11 is 0. The molecule has 0 amide bonds. The molecular weight excluding hydrogens is 889 g/mol. The number of aromatic amines is 2. The number of ketones is 2. The molecule has 18 nitrogen and oxygen atoms in total. The summed E-state index contributed by atoms with van der Waals surface area (Å²) in [5, 5.41) is -0.351. The standard InChI is InChI=1S/2C23H38N2O7Si/c2*1-13-12-25(21(29)24-20(13)28)16-11-15(30-14(2)26)17(31-16)18(19(27)22(3,4)5)32-33(9,10)23(6,7)8/h2*12,15-18H,11H2,1-10H3,(H,24,28,29)/t2*15-,16+,17-,18+/m00/s1. The van der Waals surface area contributed by atoms with E-state index >= 15 is 0 Å². The van der Waals surface area contributed by atoms with Crippen LogP contribution in [0.1, 0.15) is 133 Å². The lowest BCUT2D eigenvalue weighted by Gasteiger charge is -2.42. The molecule has 8 atom stereocenters. The fourth-order valence-electron chi connectivity index (χ4n) is 6.84. The zero-order chi connectivity index (χ0) is 51.0. The Bertz CT molecular complexity index is 2190. The number of aryl methyl sites for hydroxylation is 2. The first-order chi connectivity index (χ1) is 29.7. The van der Waals surface area contributed by atoms with Crippen molar-refractivity contribution in [1.82, 2.24) is 19.1 Å². The first-order valence-corrected chi connectivity index (χ1v) is 28.3. The molecule has 20 heteroatoms. The van der Waals surface area contributed by atoms with Gasteiger partial charge in [-0.05, 0) is 50.1 Å². The van der Waals surface area contributed by atoms with Gasteiger partial charge in [0.25, 0.3) is 11.1 Å². The van der Waals surface area contributed by atoms with E-state index in [9.17, 15) is 38.4 Å². The second-order valence-electron chi connectivity index (χ2n) is 22.7. The third-order valence-corrected chi connectivity index (χ3v) is 21.7. The smallest absolute Gasteiger partial charge is 0.330 e. The Hall–Kier alpha value is -4.09. The maximum Gasteiger partial charge on any atom is 0.330 e. The van der Waals surface area contributed by atoms with E-state index in [1.165, 1.54) is 35.4 Å². The van der Waals surface area contributed by atoms with E-state index < -0.39 is 111 Å². The molecule has 2 fully saturated rings. The molecule has 4 heterocycles. The fourth-order valence-corrected chi connectivity index (χ4v) is 9.30. The number of hydrogen-bond acceptors (Lipinski definition) is 14. The van der Waals surface area contributed by atoms with Gasteiger partial charge >= 0.3 is 23.3 Å². The van der Waals surface area contributed by atoms with E-state index in [4.69, 9.17) is 27.8 Å². The summed E-state index contributed by atoms with van der Waals surface area (Å²) in [7, 11) is -4.87. The van der Waals surface area contributed by atoms with Crippen molar-refractivity contribution in [3.05, 3.63) is 65.2 Å². The van der Waals surface area contributed by atoms with E-state index in [-0.39, 0.29) is 34.5 Å². The summed E-state index contributed by atoms with van der Waals surface area (Å²) in [6.45, 7) is 37.2. The SMILES string of the molecule is CC(=O)O[C@H]1C[C@H](n2cc(C)c(=O)[nH]c2=O)O[C@@H]1[C@@H](O[Si](C)(C)C(C)(C)C)C(=O)C(C)(C)C.CC(=O)O[C@H]1C[C@H](n2cc(C)c(=O)[nH]c2=O)O[C@@H]1[C@@H](O[Si](C)(C)C(C)(C)C)C(=O)C(C)(C)C. The number of rotatable bonds is 12. The first kappa shape index (κ1) is 56.2. The van der Waals surface area contributed by atoms with Crippen LogP contribution in [0.4, 0.5) is 0 Å². The molecule has 372 valence electrons. The zero-order valence-corrected chi connectivity index (χ0v) is 44.8. The van der Waals surface area contributed by atoms with Crippen LogP contribution in [0.5, 0.6) is 0 Å². The molecule has 0 saturated carbocycles. The van der Waals surface area contributed by atoms with Crippen molar-refractivity contribution < 1.29 is 47.0 Å². The molecule has 0 radical (unpaired) electrons. The van der Waals surface area contributed by atoms with Gasteiger partial charge in [0.15, 0.2) is 28.2 Å². The molecule has 2 aromatic heterocycles. The molecule has 2 aliphatic heterocycles. The van der Waals surface area contributed by atoms with Gasteiger partial charge in [0.05, 0.1) is 0 Å². The predicted octanol–water partition coefficient (Wildman–Crippen LogP) is 6.14. The molecule has 0 unspecified atom stereocenters. The van der Waals surface area contributed by atoms with Crippen LogP contribution in [0, 0.1) is 24.7 Å². The van der Waals surface area contributed by atoms with Crippen molar-refractivity contribution in [2.75, 3.05) is 0 Å². The van der Waals surface area contributed by atoms with Crippen molar-refractivity contribution in [3.8, 4) is 0 Å². The van der Waals surface area contributed by atoms with Gasteiger partial charge in [0.2, 0.25) is 0 Å². The highest BCUT2D eigenvalue weighted by molar-refractivity contribution is 6.74. The number of aromatic nitrogens is 4. The molecule has 2 N–H and O–H groups in total. The Morgan fingerprint density at radius 2 is 0.879 bits per heavy atom. The van der Waals surface area contributed by atoms with Gasteiger partial charge in [-0.3, -0.25) is 47.9 Å². The molecule has 2 saturated heterocycles. The summed E-state index contributed by atoms with van der Waals surface area (Å²) in [4.78, 5) is 104. The van der Waals surface area contributed by atoms with Gasteiger partial charge in [0, 0.05) is 61.0 Å². The highest BCUT2D eigenvalue weighted by atomic mass is 28.4. The van der Waals surface area contributed by atoms with Crippen LogP contribution < -0.4 is 22.5 Å². The lowest BCUT2D eigenvalue weighted by atomic mass is 9.85. The summed E-state index contributed by atoms with van der Waals surface area (Å²) in [6, 6.07) is 0. The molecule has 0 aromatic carbocycles. The number of esters is 2. The van der Waals surface area contributed by atoms with Crippen molar-refractivity contribution >= 4 is 40.1 Å². The van der Waals surface area contributed by atoms with Crippen LogP contribution >= 0.6 is 0 Å². The van der Waals surface area contributed by atoms with Gasteiger partial charge in [0.1, 0.15) is 49.1 Å². The number of nitrogens with zero attached hydrogens (tertiary/aromatic N) is 2. The number of nitrogens with one attached hydrogen (secondary N) is 2. The minimum atomic E-state index is -2.43. The van der Waals surface area contributed by atoms with Gasteiger partial charge in [-0.2, -0.15) is 0 Å². The predicted molar refractivity (Wildman–Crippen MR) is 253 cm³/mol. The third kappa shape index (κ3) is 13.5. The molecule has 2 aliphatic rings. The fraction of sp³-hybridized carbons (Fsp3) is 0.739. The van der Waals surface area contributed by atoms with E-state index in [2.05, 4.69) is 51.5 Å². The summed E-state index contributed by atoms with van der Waals surface area (Å²) in [5.74, 6) is -1.37. The normalized spacial score (nSPS) is 22.8. The zero-order valence-electron chi connectivity index (χ0n) is 42.8. The maximum atomic E-state index is 13.6. The van der Waals surface area contributed by atoms with Gasteiger partial charge in [-0.15, -0.1) is 0 Å². The van der Waals surface area contributed by atoms with Crippen LogP contribution in [0.25, 0.3) is 0 Å². The van der Waals surface area contributed by atoms with Gasteiger partial charge in [-0.1, -0.05) is 83.1 Å². The molecule has 66 heavy (non-hydrogen) atoms. The number of carbonyl (C=O) groups is 4. The van der Waals surface area contributed by atoms with E-state index in [0.29, 0.717) is 11.1 Å². The van der Waals surface area contributed by atoms with E-state index in [1.54, 1.807) is 55.4 Å². The second kappa shape index (κ2) is 20.2. The van der Waals surface area contributed by atoms with Gasteiger partial charge in [-0.25, -0.2) is 9.59 Å².